The van der Waals surface area contributed by atoms with Gasteiger partial charge >= 0.3 is 0 Å². The van der Waals surface area contributed by atoms with Crippen molar-refractivity contribution in [2.75, 3.05) is 22.6 Å². The van der Waals surface area contributed by atoms with E-state index >= 15 is 0 Å². The topological polar surface area (TPSA) is 96.0 Å². The molecule has 2 aromatic heterocycles. The number of nitrogens with zero attached hydrogens (tertiary/aromatic N) is 2. The third-order valence-electron chi connectivity index (χ3n) is 4.46. The highest BCUT2D eigenvalue weighted by Crippen LogP contribution is 2.24. The molecule has 2 heterocycles. The molecule has 0 bridgehead atoms. The van der Waals surface area contributed by atoms with Crippen LogP contribution in [0.2, 0.25) is 0 Å². The fourth-order valence-electron chi connectivity index (χ4n) is 2.99. The Hall–Kier alpha value is -3.39. The summed E-state index contributed by atoms with van der Waals surface area (Å²) >= 11 is 1.62. The summed E-state index contributed by atoms with van der Waals surface area (Å²) in [5.74, 6) is 1.39. The third kappa shape index (κ3) is 6.82. The highest BCUT2D eigenvalue weighted by Gasteiger charge is 2.19. The summed E-state index contributed by atoms with van der Waals surface area (Å²) in [4.78, 5) is 32.7. The molecule has 7 nitrogen and oxygen atoms in total. The Morgan fingerprint density at radius 1 is 0.968 bits per heavy atom. The van der Waals surface area contributed by atoms with Gasteiger partial charge in [0.2, 0.25) is 11.8 Å². The Bertz CT molecular complexity index is 1030. The molecule has 0 radical (unpaired) electrons. The predicted octanol–water partition coefficient (Wildman–Crippen LogP) is 4.08. The summed E-state index contributed by atoms with van der Waals surface area (Å²) in [6.07, 6.45) is 5.88. The summed E-state index contributed by atoms with van der Waals surface area (Å²) < 4.78 is 0. The maximum atomic E-state index is 12.7. The summed E-state index contributed by atoms with van der Waals surface area (Å²) in [7, 11) is 0. The molecular weight excluding hydrogens is 410 g/mol. The van der Waals surface area contributed by atoms with E-state index in [2.05, 4.69) is 25.9 Å². The molecule has 1 atom stereocenters. The molecule has 0 spiro atoms. The van der Waals surface area contributed by atoms with Gasteiger partial charge in [0.1, 0.15) is 17.7 Å². The van der Waals surface area contributed by atoms with Gasteiger partial charge in [0.05, 0.1) is 0 Å². The first-order chi connectivity index (χ1) is 15.0. The molecule has 0 aliphatic heterocycles. The first kappa shape index (κ1) is 22.3. The number of para-hydroxylation sites is 1. The van der Waals surface area contributed by atoms with Crippen molar-refractivity contribution >= 4 is 40.9 Å². The second kappa shape index (κ2) is 11.1. The SMILES string of the molecule is CSCCC(NC(C)=O)C(=O)Nc1cc(-c2ccnc(Nc3ccccc3)c2)ccn1. The minimum absolute atomic E-state index is 0.238. The van der Waals surface area contributed by atoms with Crippen LogP contribution in [0.1, 0.15) is 13.3 Å². The molecule has 0 saturated carbocycles. The first-order valence-electron chi connectivity index (χ1n) is 9.86. The Balaban J connectivity index is 1.74. The molecule has 1 aromatic carbocycles. The molecule has 31 heavy (non-hydrogen) atoms. The van der Waals surface area contributed by atoms with Crippen molar-refractivity contribution in [2.45, 2.75) is 19.4 Å². The van der Waals surface area contributed by atoms with Gasteiger partial charge in [0.25, 0.3) is 0 Å². The van der Waals surface area contributed by atoms with Crippen LogP contribution in [0, 0.1) is 0 Å². The van der Waals surface area contributed by atoms with Gasteiger partial charge in [-0.3, -0.25) is 9.59 Å². The molecule has 0 fully saturated rings. The fourth-order valence-corrected chi connectivity index (χ4v) is 3.46. The van der Waals surface area contributed by atoms with Crippen LogP contribution >= 0.6 is 11.8 Å². The van der Waals surface area contributed by atoms with E-state index in [0.717, 1.165) is 22.6 Å². The predicted molar refractivity (Wildman–Crippen MR) is 126 cm³/mol. The zero-order valence-corrected chi connectivity index (χ0v) is 18.3. The highest BCUT2D eigenvalue weighted by molar-refractivity contribution is 7.98. The molecule has 3 N–H and O–H groups in total. The molecular formula is C23H25N5O2S. The average molecular weight is 436 g/mol. The normalized spacial score (nSPS) is 11.4. The van der Waals surface area contributed by atoms with E-state index in [1.807, 2.05) is 54.8 Å². The van der Waals surface area contributed by atoms with Crippen molar-refractivity contribution in [3.63, 3.8) is 0 Å². The molecule has 1 unspecified atom stereocenters. The molecule has 8 heteroatoms. The van der Waals surface area contributed by atoms with Crippen LogP contribution in [-0.2, 0) is 9.59 Å². The molecule has 3 rings (SSSR count). The number of pyridine rings is 2. The van der Waals surface area contributed by atoms with Gasteiger partial charge < -0.3 is 16.0 Å². The van der Waals surface area contributed by atoms with Crippen LogP contribution < -0.4 is 16.0 Å². The minimum Gasteiger partial charge on any atom is -0.345 e. The van der Waals surface area contributed by atoms with Crippen molar-refractivity contribution in [1.82, 2.24) is 15.3 Å². The van der Waals surface area contributed by atoms with Crippen LogP contribution in [0.3, 0.4) is 0 Å². The quantitative estimate of drug-likeness (QED) is 0.469. The number of thioether (sulfide) groups is 1. The Morgan fingerprint density at radius 3 is 2.26 bits per heavy atom. The second-order valence-electron chi connectivity index (χ2n) is 6.87. The van der Waals surface area contributed by atoms with Gasteiger partial charge in [0.15, 0.2) is 0 Å². The summed E-state index contributed by atoms with van der Waals surface area (Å²) in [6.45, 7) is 1.41. The Morgan fingerprint density at radius 2 is 1.61 bits per heavy atom. The van der Waals surface area contributed by atoms with Crippen molar-refractivity contribution in [2.24, 2.45) is 0 Å². The summed E-state index contributed by atoms with van der Waals surface area (Å²) in [5, 5.41) is 8.79. The van der Waals surface area contributed by atoms with Crippen LogP contribution in [0.5, 0.6) is 0 Å². The second-order valence-corrected chi connectivity index (χ2v) is 7.86. The van der Waals surface area contributed by atoms with Gasteiger partial charge in [-0.05, 0) is 66.0 Å². The standard InChI is InChI=1S/C23H25N5O2S/c1-16(29)26-20(10-13-31-2)23(30)28-22-15-18(9-12-25-22)17-8-11-24-21(14-17)27-19-6-4-3-5-7-19/h3-9,11-12,14-15,20H,10,13H2,1-2H3,(H,24,27)(H,26,29)(H,25,28,30). The number of carbonyl (C=O) groups excluding carboxylic acids is 2. The largest absolute Gasteiger partial charge is 0.345 e. The monoisotopic (exact) mass is 435 g/mol. The lowest BCUT2D eigenvalue weighted by molar-refractivity contribution is -0.125. The van der Waals surface area contributed by atoms with E-state index in [0.29, 0.717) is 18.1 Å². The Kier molecular flexibility index (Phi) is 8.00. The average Bonchev–Trinajstić information content (AvgIpc) is 2.77. The maximum absolute atomic E-state index is 12.7. The molecule has 0 aliphatic rings. The Labute approximate surface area is 186 Å². The number of carbonyl (C=O) groups is 2. The smallest absolute Gasteiger partial charge is 0.248 e. The summed E-state index contributed by atoms with van der Waals surface area (Å²) in [6, 6.07) is 16.7. The van der Waals surface area contributed by atoms with Gasteiger partial charge in [0, 0.05) is 25.0 Å². The third-order valence-corrected chi connectivity index (χ3v) is 5.10. The fraction of sp³-hybridized carbons (Fsp3) is 0.217. The number of hydrogen-bond donors (Lipinski definition) is 3. The van der Waals surface area contributed by atoms with Gasteiger partial charge in [-0.25, -0.2) is 9.97 Å². The van der Waals surface area contributed by atoms with Gasteiger partial charge in [-0.15, -0.1) is 0 Å². The molecule has 2 amide bonds. The van der Waals surface area contributed by atoms with E-state index in [4.69, 9.17) is 0 Å². The van der Waals surface area contributed by atoms with Gasteiger partial charge in [-0.1, -0.05) is 18.2 Å². The molecule has 0 aliphatic carbocycles. The van der Waals surface area contributed by atoms with E-state index in [9.17, 15) is 9.59 Å². The van der Waals surface area contributed by atoms with Crippen molar-refractivity contribution in [3.05, 3.63) is 67.0 Å². The maximum Gasteiger partial charge on any atom is 0.248 e. The van der Waals surface area contributed by atoms with E-state index in [1.165, 1.54) is 6.92 Å². The molecule has 0 saturated heterocycles. The van der Waals surface area contributed by atoms with Crippen LogP contribution in [-0.4, -0.2) is 39.8 Å². The lowest BCUT2D eigenvalue weighted by atomic mass is 10.1. The number of aromatic nitrogens is 2. The highest BCUT2D eigenvalue weighted by atomic mass is 32.2. The lowest BCUT2D eigenvalue weighted by Crippen LogP contribution is -2.43. The van der Waals surface area contributed by atoms with Crippen molar-refractivity contribution in [1.29, 1.82) is 0 Å². The van der Waals surface area contributed by atoms with E-state index in [1.54, 1.807) is 30.2 Å². The van der Waals surface area contributed by atoms with Crippen molar-refractivity contribution in [3.8, 4) is 11.1 Å². The van der Waals surface area contributed by atoms with Crippen molar-refractivity contribution < 1.29 is 9.59 Å². The molecule has 160 valence electrons. The zero-order valence-electron chi connectivity index (χ0n) is 17.5. The number of nitrogens with one attached hydrogen (secondary N) is 3. The van der Waals surface area contributed by atoms with E-state index in [-0.39, 0.29) is 11.8 Å². The van der Waals surface area contributed by atoms with Crippen LogP contribution in [0.15, 0.2) is 67.0 Å². The number of hydrogen-bond acceptors (Lipinski definition) is 6. The number of amides is 2. The van der Waals surface area contributed by atoms with E-state index < -0.39 is 6.04 Å². The number of rotatable bonds is 9. The van der Waals surface area contributed by atoms with Gasteiger partial charge in [-0.2, -0.15) is 11.8 Å². The zero-order chi connectivity index (χ0) is 22.1. The number of anilines is 3. The van der Waals surface area contributed by atoms with Crippen LogP contribution in [0.25, 0.3) is 11.1 Å². The molecule has 3 aromatic rings. The number of benzene rings is 1. The lowest BCUT2D eigenvalue weighted by Gasteiger charge is -2.17. The van der Waals surface area contributed by atoms with Crippen LogP contribution in [0.4, 0.5) is 17.3 Å². The minimum atomic E-state index is -0.599. The first-order valence-corrected chi connectivity index (χ1v) is 11.3. The summed E-state index contributed by atoms with van der Waals surface area (Å²) in [5.41, 5.74) is 2.78.